The smallest absolute Gasteiger partial charge is 0.321 e. The van der Waals surface area contributed by atoms with Gasteiger partial charge in [-0.2, -0.15) is 0 Å². The number of carbonyl (C=O) groups is 1. The quantitative estimate of drug-likeness (QED) is 0.683. The molecule has 5 nitrogen and oxygen atoms in total. The molecule has 0 radical (unpaired) electrons. The largest absolute Gasteiger partial charge is 0.480 e. The van der Waals surface area contributed by atoms with Crippen molar-refractivity contribution in [3.05, 3.63) is 23.8 Å². The van der Waals surface area contributed by atoms with E-state index in [-0.39, 0.29) is 0 Å². The molecule has 1 atom stereocenters. The lowest BCUT2D eigenvalue weighted by molar-refractivity contribution is -0.138. The van der Waals surface area contributed by atoms with Gasteiger partial charge < -0.3 is 15.4 Å². The number of rotatable bonds is 7. The van der Waals surface area contributed by atoms with Crippen LogP contribution >= 0.6 is 11.8 Å². The highest BCUT2D eigenvalue weighted by atomic mass is 32.2. The molecule has 20 heavy (non-hydrogen) atoms. The molecule has 0 bridgehead atoms. The number of aromatic nitrogens is 2. The number of benzene rings is 1. The van der Waals surface area contributed by atoms with Crippen molar-refractivity contribution in [3.8, 4) is 0 Å². The number of thioether (sulfide) groups is 1. The lowest BCUT2D eigenvalue weighted by Crippen LogP contribution is -2.39. The summed E-state index contributed by atoms with van der Waals surface area (Å²) in [6, 6.07) is 5.47. The van der Waals surface area contributed by atoms with Crippen LogP contribution in [0.1, 0.15) is 18.9 Å². The van der Waals surface area contributed by atoms with E-state index in [0.717, 1.165) is 22.6 Å². The molecule has 0 aliphatic heterocycles. The van der Waals surface area contributed by atoms with Gasteiger partial charge in [0.05, 0.1) is 11.0 Å². The Morgan fingerprint density at radius 3 is 3.05 bits per heavy atom. The molecule has 0 fully saturated rings. The fourth-order valence-electron chi connectivity index (χ4n) is 1.87. The minimum Gasteiger partial charge on any atom is -0.480 e. The van der Waals surface area contributed by atoms with Gasteiger partial charge in [0.15, 0.2) is 5.16 Å². The summed E-state index contributed by atoms with van der Waals surface area (Å²) >= 11 is 1.43. The van der Waals surface area contributed by atoms with Crippen LogP contribution < -0.4 is 5.32 Å². The molecule has 2 rings (SSSR count). The van der Waals surface area contributed by atoms with Crippen LogP contribution in [0, 0.1) is 6.92 Å². The Morgan fingerprint density at radius 2 is 2.35 bits per heavy atom. The first-order chi connectivity index (χ1) is 9.60. The van der Waals surface area contributed by atoms with Crippen molar-refractivity contribution in [1.29, 1.82) is 0 Å². The minimum absolute atomic E-state index is 0.453. The molecule has 1 unspecified atom stereocenters. The van der Waals surface area contributed by atoms with Crippen molar-refractivity contribution >= 4 is 28.8 Å². The molecule has 1 aromatic carbocycles. The molecule has 3 N–H and O–H groups in total. The predicted octanol–water partition coefficient (Wildman–Crippen LogP) is 2.42. The van der Waals surface area contributed by atoms with E-state index in [9.17, 15) is 4.79 Å². The second-order valence-electron chi connectivity index (χ2n) is 4.72. The molecule has 0 amide bonds. The van der Waals surface area contributed by atoms with Gasteiger partial charge in [0.2, 0.25) is 0 Å². The summed E-state index contributed by atoms with van der Waals surface area (Å²) in [4.78, 5) is 18.8. The van der Waals surface area contributed by atoms with E-state index in [4.69, 9.17) is 5.11 Å². The van der Waals surface area contributed by atoms with Crippen molar-refractivity contribution in [2.45, 2.75) is 31.5 Å². The van der Waals surface area contributed by atoms with Crippen molar-refractivity contribution in [2.24, 2.45) is 0 Å². The summed E-state index contributed by atoms with van der Waals surface area (Å²) < 4.78 is 0. The molecule has 1 heterocycles. The van der Waals surface area contributed by atoms with Gasteiger partial charge in [-0.15, -0.1) is 0 Å². The van der Waals surface area contributed by atoms with Gasteiger partial charge in [-0.05, 0) is 37.6 Å². The molecule has 0 saturated carbocycles. The number of hydrogen-bond donors (Lipinski definition) is 3. The SMILES string of the molecule is CCCNC(CSc1nc2ccc(C)cc2[nH]1)C(=O)O. The average Bonchev–Trinajstić information content (AvgIpc) is 2.80. The van der Waals surface area contributed by atoms with Crippen molar-refractivity contribution < 1.29 is 9.90 Å². The molecule has 2 aromatic rings. The highest BCUT2D eigenvalue weighted by molar-refractivity contribution is 7.99. The first-order valence-corrected chi connectivity index (χ1v) is 7.64. The van der Waals surface area contributed by atoms with Gasteiger partial charge >= 0.3 is 5.97 Å². The number of fused-ring (bicyclic) bond motifs is 1. The summed E-state index contributed by atoms with van der Waals surface area (Å²) in [6.07, 6.45) is 0.915. The zero-order valence-corrected chi connectivity index (χ0v) is 12.5. The highest BCUT2D eigenvalue weighted by Gasteiger charge is 2.17. The van der Waals surface area contributed by atoms with E-state index in [1.54, 1.807) is 0 Å². The van der Waals surface area contributed by atoms with E-state index in [2.05, 4.69) is 15.3 Å². The Hall–Kier alpha value is -1.53. The summed E-state index contributed by atoms with van der Waals surface area (Å²) in [5.74, 6) is -0.369. The topological polar surface area (TPSA) is 78.0 Å². The highest BCUT2D eigenvalue weighted by Crippen LogP contribution is 2.20. The zero-order valence-electron chi connectivity index (χ0n) is 11.6. The Labute approximate surface area is 122 Å². The maximum atomic E-state index is 11.1. The van der Waals surface area contributed by atoms with Crippen molar-refractivity contribution in [2.75, 3.05) is 12.3 Å². The normalized spacial score (nSPS) is 12.7. The maximum Gasteiger partial charge on any atom is 0.321 e. The van der Waals surface area contributed by atoms with Crippen LogP contribution in [0.25, 0.3) is 11.0 Å². The number of aryl methyl sites for hydroxylation is 1. The Kier molecular flexibility index (Phi) is 5.03. The van der Waals surface area contributed by atoms with Crippen LogP contribution in [0.2, 0.25) is 0 Å². The lowest BCUT2D eigenvalue weighted by Gasteiger charge is -2.12. The summed E-state index contributed by atoms with van der Waals surface area (Å²) in [7, 11) is 0. The number of nitrogens with zero attached hydrogens (tertiary/aromatic N) is 1. The Balaban J connectivity index is 2.02. The van der Waals surface area contributed by atoms with Crippen LogP contribution in [0.5, 0.6) is 0 Å². The number of nitrogens with one attached hydrogen (secondary N) is 2. The van der Waals surface area contributed by atoms with Crippen LogP contribution in [-0.2, 0) is 4.79 Å². The summed E-state index contributed by atoms with van der Waals surface area (Å²) in [6.45, 7) is 4.75. The first-order valence-electron chi connectivity index (χ1n) is 6.65. The van der Waals surface area contributed by atoms with Crippen LogP contribution in [0.3, 0.4) is 0 Å². The number of aromatic amines is 1. The van der Waals surface area contributed by atoms with Crippen LogP contribution in [0.15, 0.2) is 23.4 Å². The van der Waals surface area contributed by atoms with Gasteiger partial charge in [-0.1, -0.05) is 24.8 Å². The molecule has 1 aromatic heterocycles. The van der Waals surface area contributed by atoms with Crippen LogP contribution in [-0.4, -0.2) is 39.4 Å². The first kappa shape index (κ1) is 14.9. The van der Waals surface area contributed by atoms with E-state index >= 15 is 0 Å². The maximum absolute atomic E-state index is 11.1. The minimum atomic E-state index is -0.821. The standard InChI is InChI=1S/C14H19N3O2S/c1-3-6-15-12(13(18)19)8-20-14-16-10-5-4-9(2)7-11(10)17-14/h4-5,7,12,15H,3,6,8H2,1-2H3,(H,16,17)(H,18,19). The summed E-state index contributed by atoms with van der Waals surface area (Å²) in [5, 5.41) is 12.9. The number of carboxylic acids is 1. The molecule has 6 heteroatoms. The molecule has 0 aliphatic carbocycles. The van der Waals surface area contributed by atoms with E-state index in [1.807, 2.05) is 32.0 Å². The van der Waals surface area contributed by atoms with Gasteiger partial charge in [0, 0.05) is 5.75 Å². The summed E-state index contributed by atoms with van der Waals surface area (Å²) in [5.41, 5.74) is 3.07. The fraction of sp³-hybridized carbons (Fsp3) is 0.429. The molecular weight excluding hydrogens is 274 g/mol. The van der Waals surface area contributed by atoms with Gasteiger partial charge in [0.25, 0.3) is 0 Å². The molecule has 108 valence electrons. The van der Waals surface area contributed by atoms with Crippen molar-refractivity contribution in [1.82, 2.24) is 15.3 Å². The second kappa shape index (κ2) is 6.76. The molecule has 0 saturated heterocycles. The van der Waals surface area contributed by atoms with E-state index < -0.39 is 12.0 Å². The van der Waals surface area contributed by atoms with E-state index in [0.29, 0.717) is 12.3 Å². The second-order valence-corrected chi connectivity index (χ2v) is 5.73. The van der Waals surface area contributed by atoms with E-state index in [1.165, 1.54) is 17.3 Å². The number of hydrogen-bond acceptors (Lipinski definition) is 4. The number of aliphatic carboxylic acids is 1. The lowest BCUT2D eigenvalue weighted by atomic mass is 10.2. The third-order valence-electron chi connectivity index (χ3n) is 2.94. The molecule has 0 spiro atoms. The fourth-order valence-corrected chi connectivity index (χ4v) is 2.80. The molecular formula is C14H19N3O2S. The number of carboxylic acid groups (broad SMARTS) is 1. The van der Waals surface area contributed by atoms with Gasteiger partial charge in [-0.25, -0.2) is 4.98 Å². The molecule has 0 aliphatic rings. The van der Waals surface area contributed by atoms with Gasteiger partial charge in [0.1, 0.15) is 6.04 Å². The number of H-pyrrole nitrogens is 1. The number of imidazole rings is 1. The predicted molar refractivity (Wildman–Crippen MR) is 81.3 cm³/mol. The third kappa shape index (κ3) is 3.74. The Bertz CT molecular complexity index is 597. The van der Waals surface area contributed by atoms with Crippen molar-refractivity contribution in [3.63, 3.8) is 0 Å². The third-order valence-corrected chi connectivity index (χ3v) is 3.91. The van der Waals surface area contributed by atoms with Crippen LogP contribution in [0.4, 0.5) is 0 Å². The average molecular weight is 293 g/mol. The monoisotopic (exact) mass is 293 g/mol. The Morgan fingerprint density at radius 1 is 1.55 bits per heavy atom. The zero-order chi connectivity index (χ0) is 14.5. The van der Waals surface area contributed by atoms with Gasteiger partial charge in [-0.3, -0.25) is 4.79 Å².